The first kappa shape index (κ1) is 22.5. The number of ether oxygens (including phenoxy) is 1. The van der Waals surface area contributed by atoms with Crippen LogP contribution in [0.25, 0.3) is 22.1 Å². The van der Waals surface area contributed by atoms with Crippen molar-refractivity contribution in [1.82, 2.24) is 9.38 Å². The van der Waals surface area contributed by atoms with Crippen LogP contribution in [0, 0.1) is 10.1 Å². The molecule has 0 fully saturated rings. The molecule has 0 aliphatic carbocycles. The molecule has 35 heavy (non-hydrogen) atoms. The first-order chi connectivity index (χ1) is 16.8. The van der Waals surface area contributed by atoms with E-state index in [4.69, 9.17) is 8.92 Å². The van der Waals surface area contributed by atoms with Gasteiger partial charge in [0.05, 0.1) is 27.6 Å². The summed E-state index contributed by atoms with van der Waals surface area (Å²) in [5.41, 5.74) is 1.17. The largest absolute Gasteiger partial charge is 0.493 e. The van der Waals surface area contributed by atoms with Crippen molar-refractivity contribution >= 4 is 49.2 Å². The Hall–Kier alpha value is -4.29. The number of thiazole rings is 1. The minimum atomic E-state index is -4.52. The second-order valence-electron chi connectivity index (χ2n) is 7.31. The fourth-order valence-electron chi connectivity index (χ4n) is 3.59. The highest BCUT2D eigenvalue weighted by Crippen LogP contribution is 2.33. The Morgan fingerprint density at radius 2 is 1.80 bits per heavy atom. The van der Waals surface area contributed by atoms with E-state index >= 15 is 0 Å². The Kier molecular flexibility index (Phi) is 5.46. The van der Waals surface area contributed by atoms with E-state index in [2.05, 4.69) is 4.98 Å². The monoisotopic (exact) mass is 509 g/mol. The van der Waals surface area contributed by atoms with Crippen LogP contribution in [0.15, 0.2) is 76.4 Å². The SMILES string of the molecule is COc1cc(/C=c2/sc3nc4ccccc4n3c2=O)ccc1OS(=O)(=O)c1ccccc1[N+](=O)[O-]. The summed E-state index contributed by atoms with van der Waals surface area (Å²) in [7, 11) is -3.19. The normalized spacial score (nSPS) is 12.3. The zero-order valence-electron chi connectivity index (χ0n) is 17.9. The summed E-state index contributed by atoms with van der Waals surface area (Å²) in [6, 6.07) is 16.6. The van der Waals surface area contributed by atoms with Crippen molar-refractivity contribution in [2.45, 2.75) is 4.90 Å². The van der Waals surface area contributed by atoms with Crippen molar-refractivity contribution < 1.29 is 22.3 Å². The predicted octanol–water partition coefficient (Wildman–Crippen LogP) is 3.14. The van der Waals surface area contributed by atoms with E-state index in [0.29, 0.717) is 20.6 Å². The van der Waals surface area contributed by atoms with E-state index in [1.165, 1.54) is 42.7 Å². The fourth-order valence-corrected chi connectivity index (χ4v) is 5.68. The first-order valence-electron chi connectivity index (χ1n) is 10.1. The molecule has 5 aromatic rings. The number of nitro groups is 1. The molecule has 5 rings (SSSR count). The van der Waals surface area contributed by atoms with Crippen molar-refractivity contribution in [2.75, 3.05) is 7.11 Å². The molecule has 0 bridgehead atoms. The van der Waals surface area contributed by atoms with E-state index in [-0.39, 0.29) is 17.1 Å². The summed E-state index contributed by atoms with van der Waals surface area (Å²) >= 11 is 1.23. The molecular weight excluding hydrogens is 494 g/mol. The number of fused-ring (bicyclic) bond motifs is 3. The van der Waals surface area contributed by atoms with Crippen LogP contribution >= 0.6 is 11.3 Å². The van der Waals surface area contributed by atoms with E-state index in [1.54, 1.807) is 16.5 Å². The highest BCUT2D eigenvalue weighted by Gasteiger charge is 2.28. The molecule has 0 saturated carbocycles. The van der Waals surface area contributed by atoms with Gasteiger partial charge in [0.1, 0.15) is 0 Å². The maximum atomic E-state index is 13.0. The van der Waals surface area contributed by atoms with E-state index in [9.17, 15) is 23.3 Å². The molecule has 2 aromatic heterocycles. The standard InChI is InChI=1S/C23H15N3O7S2/c1-32-19-12-14(13-20-22(27)25-16-7-3-2-6-15(16)24-23(25)34-20)10-11-18(19)33-35(30,31)21-9-5-4-8-17(21)26(28)29/h2-13H,1H3/b20-13+. The van der Waals surface area contributed by atoms with Crippen molar-refractivity contribution in [3.63, 3.8) is 0 Å². The molecule has 0 saturated heterocycles. The Morgan fingerprint density at radius 3 is 2.57 bits per heavy atom. The molecule has 0 atom stereocenters. The van der Waals surface area contributed by atoms with Crippen LogP contribution in [0.5, 0.6) is 11.5 Å². The molecule has 12 heteroatoms. The maximum absolute atomic E-state index is 13.0. The highest BCUT2D eigenvalue weighted by molar-refractivity contribution is 7.87. The van der Waals surface area contributed by atoms with Crippen LogP contribution in [0.1, 0.15) is 5.56 Å². The number of hydrogen-bond acceptors (Lipinski definition) is 9. The summed E-state index contributed by atoms with van der Waals surface area (Å²) < 4.78 is 37.9. The number of hydrogen-bond donors (Lipinski definition) is 0. The maximum Gasteiger partial charge on any atom is 0.346 e. The summed E-state index contributed by atoms with van der Waals surface area (Å²) in [5.74, 6) is -0.0859. The van der Waals surface area contributed by atoms with Gasteiger partial charge in [-0.1, -0.05) is 41.7 Å². The minimum Gasteiger partial charge on any atom is -0.493 e. The summed E-state index contributed by atoms with van der Waals surface area (Å²) in [4.78, 5) is 27.9. The Bertz CT molecular complexity index is 1840. The van der Waals surface area contributed by atoms with Crippen molar-refractivity contribution in [2.24, 2.45) is 0 Å². The third kappa shape index (κ3) is 3.98. The van der Waals surface area contributed by atoms with Crippen molar-refractivity contribution in [1.29, 1.82) is 0 Å². The molecule has 0 aliphatic heterocycles. The van der Waals surface area contributed by atoms with E-state index < -0.39 is 25.6 Å². The number of methoxy groups -OCH3 is 1. The summed E-state index contributed by atoms with van der Waals surface area (Å²) in [6.45, 7) is 0. The zero-order chi connectivity index (χ0) is 24.7. The number of benzene rings is 3. The lowest BCUT2D eigenvalue weighted by molar-refractivity contribution is -0.387. The molecule has 0 aliphatic rings. The molecule has 0 radical (unpaired) electrons. The number of para-hydroxylation sites is 3. The van der Waals surface area contributed by atoms with Gasteiger partial charge in [0.2, 0.25) is 0 Å². The van der Waals surface area contributed by atoms with Gasteiger partial charge in [0.15, 0.2) is 21.4 Å². The smallest absolute Gasteiger partial charge is 0.346 e. The lowest BCUT2D eigenvalue weighted by Crippen LogP contribution is -2.22. The number of imidazole rings is 1. The van der Waals surface area contributed by atoms with Gasteiger partial charge in [-0.15, -0.1) is 0 Å². The summed E-state index contributed by atoms with van der Waals surface area (Å²) in [5, 5.41) is 11.2. The lowest BCUT2D eigenvalue weighted by Gasteiger charge is -2.11. The minimum absolute atomic E-state index is 0.0696. The fraction of sp³-hybridized carbons (Fsp3) is 0.0435. The lowest BCUT2D eigenvalue weighted by atomic mass is 10.2. The van der Waals surface area contributed by atoms with Gasteiger partial charge in [0, 0.05) is 6.07 Å². The van der Waals surface area contributed by atoms with Gasteiger partial charge < -0.3 is 8.92 Å². The van der Waals surface area contributed by atoms with Crippen LogP contribution in [0.4, 0.5) is 5.69 Å². The van der Waals surface area contributed by atoms with Gasteiger partial charge in [-0.05, 0) is 42.0 Å². The Balaban J connectivity index is 1.53. The highest BCUT2D eigenvalue weighted by atomic mass is 32.2. The molecule has 0 unspecified atom stereocenters. The van der Waals surface area contributed by atoms with Gasteiger partial charge in [-0.3, -0.25) is 14.9 Å². The number of nitro benzene ring substituents is 1. The van der Waals surface area contributed by atoms with E-state index in [1.807, 2.05) is 24.3 Å². The van der Waals surface area contributed by atoms with Crippen LogP contribution < -0.4 is 19.0 Å². The average molecular weight is 510 g/mol. The van der Waals surface area contributed by atoms with Crippen LogP contribution in [-0.2, 0) is 10.1 Å². The molecule has 176 valence electrons. The molecule has 0 N–H and O–H groups in total. The molecule has 10 nitrogen and oxygen atoms in total. The van der Waals surface area contributed by atoms with E-state index in [0.717, 1.165) is 17.6 Å². The predicted molar refractivity (Wildman–Crippen MR) is 130 cm³/mol. The summed E-state index contributed by atoms with van der Waals surface area (Å²) in [6.07, 6.45) is 1.64. The topological polar surface area (TPSA) is 130 Å². The third-order valence-corrected chi connectivity index (χ3v) is 7.41. The van der Waals surface area contributed by atoms with Gasteiger partial charge >= 0.3 is 10.1 Å². The second kappa shape index (κ2) is 8.49. The molecular formula is C23H15N3O7S2. The van der Waals surface area contributed by atoms with Crippen molar-refractivity contribution in [3.05, 3.63) is 97.3 Å². The van der Waals surface area contributed by atoms with Gasteiger partial charge in [0.25, 0.3) is 11.2 Å². The number of aromatic nitrogens is 2. The third-order valence-electron chi connectivity index (χ3n) is 5.16. The van der Waals surface area contributed by atoms with Crippen LogP contribution in [0.3, 0.4) is 0 Å². The van der Waals surface area contributed by atoms with Gasteiger partial charge in [-0.2, -0.15) is 8.42 Å². The molecule has 0 spiro atoms. The quantitative estimate of drug-likeness (QED) is 0.194. The zero-order valence-corrected chi connectivity index (χ0v) is 19.6. The number of rotatable bonds is 6. The average Bonchev–Trinajstić information content (AvgIpc) is 3.35. The molecule has 2 heterocycles. The molecule has 0 amide bonds. The Morgan fingerprint density at radius 1 is 1.06 bits per heavy atom. The Labute approximate surface area is 201 Å². The van der Waals surface area contributed by atoms with Crippen molar-refractivity contribution in [3.8, 4) is 11.5 Å². The van der Waals surface area contributed by atoms with Gasteiger partial charge in [-0.25, -0.2) is 9.38 Å². The first-order valence-corrected chi connectivity index (χ1v) is 12.3. The molecule has 3 aromatic carbocycles. The van der Waals surface area contributed by atoms with Crippen LogP contribution in [0.2, 0.25) is 0 Å². The number of nitrogens with zero attached hydrogens (tertiary/aromatic N) is 3. The second-order valence-corrected chi connectivity index (χ2v) is 9.83. The van der Waals surface area contributed by atoms with Crippen LogP contribution in [-0.4, -0.2) is 29.8 Å².